The molecular weight excluding hydrogens is 420 g/mol. The van der Waals surface area contributed by atoms with Crippen molar-refractivity contribution in [2.75, 3.05) is 37.7 Å². The Morgan fingerprint density at radius 2 is 1.76 bits per heavy atom. The molecule has 9 nitrogen and oxygen atoms in total. The van der Waals surface area contributed by atoms with Crippen LogP contribution < -0.4 is 4.90 Å². The molecule has 1 aromatic carbocycles. The quantitative estimate of drug-likeness (QED) is 0.603. The van der Waals surface area contributed by atoms with Crippen LogP contribution in [0.3, 0.4) is 0 Å². The van der Waals surface area contributed by atoms with E-state index in [9.17, 15) is 4.79 Å². The Labute approximate surface area is 192 Å². The molecule has 0 bridgehead atoms. The summed E-state index contributed by atoms with van der Waals surface area (Å²) >= 11 is 0. The van der Waals surface area contributed by atoms with Gasteiger partial charge in [-0.05, 0) is 29.7 Å². The van der Waals surface area contributed by atoms with E-state index in [2.05, 4.69) is 33.3 Å². The Balaban J connectivity index is 1.12. The summed E-state index contributed by atoms with van der Waals surface area (Å²) in [6, 6.07) is 12.3. The predicted octanol–water partition coefficient (Wildman–Crippen LogP) is 1.99. The van der Waals surface area contributed by atoms with Gasteiger partial charge in [-0.3, -0.25) is 4.79 Å². The molecule has 3 aromatic rings. The summed E-state index contributed by atoms with van der Waals surface area (Å²) in [4.78, 5) is 17.1. The molecule has 6 rings (SSSR count). The third-order valence-electron chi connectivity index (χ3n) is 7.02. The van der Waals surface area contributed by atoms with E-state index in [4.69, 9.17) is 14.6 Å². The van der Waals surface area contributed by atoms with Gasteiger partial charge in [-0.15, -0.1) is 15.3 Å². The highest BCUT2D eigenvalue weighted by atomic mass is 16.7. The number of ether oxygens (including phenoxy) is 2. The van der Waals surface area contributed by atoms with Crippen molar-refractivity contribution in [3.63, 3.8) is 0 Å². The summed E-state index contributed by atoms with van der Waals surface area (Å²) in [6.45, 7) is 4.45. The minimum atomic E-state index is -0.405. The molecule has 2 aromatic heterocycles. The maximum Gasteiger partial charge on any atom is 0.223 e. The SMILES string of the molecule is O=C(CCc1nnc2ccc(N3CCC4(CC3)OCCO4)nn12)N1CCc2ccccc2C1. The summed E-state index contributed by atoms with van der Waals surface area (Å²) in [5.41, 5.74) is 3.29. The predicted molar refractivity (Wildman–Crippen MR) is 121 cm³/mol. The van der Waals surface area contributed by atoms with Gasteiger partial charge in [0.15, 0.2) is 17.3 Å². The molecule has 0 atom stereocenters. The number of aryl methyl sites for hydroxylation is 1. The van der Waals surface area contributed by atoms with Gasteiger partial charge in [0.25, 0.3) is 0 Å². The standard InChI is InChI=1S/C24H28N6O3/c31-23(29-12-9-18-3-1-2-4-19(18)17-29)8-7-21-26-25-20-5-6-22(27-30(20)21)28-13-10-24(11-14-28)32-15-16-33-24/h1-6H,7-17H2. The zero-order valence-corrected chi connectivity index (χ0v) is 18.7. The number of carbonyl (C=O) groups excluding carboxylic acids is 1. The van der Waals surface area contributed by atoms with Crippen LogP contribution in [0.25, 0.3) is 5.65 Å². The van der Waals surface area contributed by atoms with E-state index in [0.717, 1.165) is 44.7 Å². The van der Waals surface area contributed by atoms with E-state index < -0.39 is 5.79 Å². The van der Waals surface area contributed by atoms with Crippen molar-refractivity contribution in [3.8, 4) is 0 Å². The largest absolute Gasteiger partial charge is 0.355 e. The number of nitrogens with zero attached hydrogens (tertiary/aromatic N) is 6. The number of hydrogen-bond acceptors (Lipinski definition) is 7. The zero-order valence-electron chi connectivity index (χ0n) is 18.7. The van der Waals surface area contributed by atoms with Gasteiger partial charge < -0.3 is 19.3 Å². The topological polar surface area (TPSA) is 85.1 Å². The molecular formula is C24H28N6O3. The van der Waals surface area contributed by atoms with Crippen molar-refractivity contribution in [2.24, 2.45) is 0 Å². The van der Waals surface area contributed by atoms with Gasteiger partial charge in [-0.1, -0.05) is 24.3 Å². The number of anilines is 1. The van der Waals surface area contributed by atoms with Crippen LogP contribution in [0.2, 0.25) is 0 Å². The van der Waals surface area contributed by atoms with Crippen LogP contribution in [0.15, 0.2) is 36.4 Å². The van der Waals surface area contributed by atoms with E-state index in [0.29, 0.717) is 44.1 Å². The zero-order chi connectivity index (χ0) is 22.3. The monoisotopic (exact) mass is 448 g/mol. The van der Waals surface area contributed by atoms with Crippen LogP contribution in [-0.2, 0) is 33.7 Å². The van der Waals surface area contributed by atoms with Crippen molar-refractivity contribution >= 4 is 17.4 Å². The first-order chi connectivity index (χ1) is 16.2. The van der Waals surface area contributed by atoms with E-state index in [1.165, 1.54) is 11.1 Å². The molecule has 1 spiro atoms. The second-order valence-corrected chi connectivity index (χ2v) is 9.01. The molecule has 0 aliphatic carbocycles. The van der Waals surface area contributed by atoms with Gasteiger partial charge in [0.2, 0.25) is 5.91 Å². The number of piperidine rings is 1. The summed E-state index contributed by atoms with van der Waals surface area (Å²) < 4.78 is 13.5. The van der Waals surface area contributed by atoms with Crippen LogP contribution in [-0.4, -0.2) is 69.3 Å². The Morgan fingerprint density at radius 3 is 2.58 bits per heavy atom. The first-order valence-electron chi connectivity index (χ1n) is 11.8. The number of rotatable bonds is 4. The number of carbonyl (C=O) groups is 1. The van der Waals surface area contributed by atoms with Crippen molar-refractivity contribution in [2.45, 2.75) is 44.4 Å². The van der Waals surface area contributed by atoms with Gasteiger partial charge in [0, 0.05) is 51.9 Å². The summed E-state index contributed by atoms with van der Waals surface area (Å²) in [6.07, 6.45) is 3.48. The normalized spacial score (nSPS) is 19.9. The van der Waals surface area contributed by atoms with E-state index in [-0.39, 0.29) is 5.91 Å². The molecule has 33 heavy (non-hydrogen) atoms. The molecule has 0 N–H and O–H groups in total. The summed E-state index contributed by atoms with van der Waals surface area (Å²) in [5.74, 6) is 1.34. The van der Waals surface area contributed by atoms with Crippen molar-refractivity contribution in [1.29, 1.82) is 0 Å². The molecule has 3 aliphatic rings. The molecule has 2 fully saturated rings. The Hall–Kier alpha value is -3.04. The molecule has 0 radical (unpaired) electrons. The maximum atomic E-state index is 12.9. The molecule has 2 saturated heterocycles. The minimum absolute atomic E-state index is 0.148. The van der Waals surface area contributed by atoms with Gasteiger partial charge in [0.05, 0.1) is 13.2 Å². The smallest absolute Gasteiger partial charge is 0.223 e. The lowest BCUT2D eigenvalue weighted by atomic mass is 9.99. The fourth-order valence-corrected chi connectivity index (χ4v) is 5.10. The van der Waals surface area contributed by atoms with E-state index >= 15 is 0 Å². The average Bonchev–Trinajstić information content (AvgIpc) is 3.49. The lowest BCUT2D eigenvalue weighted by Gasteiger charge is -2.38. The maximum absolute atomic E-state index is 12.9. The van der Waals surface area contributed by atoms with Gasteiger partial charge >= 0.3 is 0 Å². The van der Waals surface area contributed by atoms with E-state index in [1.54, 1.807) is 4.52 Å². The Morgan fingerprint density at radius 1 is 0.970 bits per heavy atom. The van der Waals surface area contributed by atoms with Gasteiger partial charge in [-0.2, -0.15) is 4.52 Å². The van der Waals surface area contributed by atoms with E-state index in [1.807, 2.05) is 23.1 Å². The molecule has 3 aliphatic heterocycles. The third-order valence-corrected chi connectivity index (χ3v) is 7.02. The molecule has 0 saturated carbocycles. The summed E-state index contributed by atoms with van der Waals surface area (Å²) in [7, 11) is 0. The van der Waals surface area contributed by atoms with Crippen molar-refractivity contribution < 1.29 is 14.3 Å². The first-order valence-corrected chi connectivity index (χ1v) is 11.8. The first kappa shape index (κ1) is 20.6. The number of hydrogen-bond donors (Lipinski definition) is 0. The second kappa shape index (κ2) is 8.39. The highest BCUT2D eigenvalue weighted by Gasteiger charge is 2.40. The second-order valence-electron chi connectivity index (χ2n) is 9.01. The van der Waals surface area contributed by atoms with Crippen molar-refractivity contribution in [1.82, 2.24) is 24.7 Å². The number of fused-ring (bicyclic) bond motifs is 2. The van der Waals surface area contributed by atoms with Crippen molar-refractivity contribution in [3.05, 3.63) is 53.3 Å². The van der Waals surface area contributed by atoms with Gasteiger partial charge in [-0.25, -0.2) is 0 Å². The number of benzene rings is 1. The fourth-order valence-electron chi connectivity index (χ4n) is 5.10. The third kappa shape index (κ3) is 3.95. The lowest BCUT2D eigenvalue weighted by Crippen LogP contribution is -2.45. The highest BCUT2D eigenvalue weighted by molar-refractivity contribution is 5.76. The van der Waals surface area contributed by atoms with Crippen LogP contribution in [0, 0.1) is 0 Å². The average molecular weight is 449 g/mol. The van der Waals surface area contributed by atoms with Crippen LogP contribution in [0.5, 0.6) is 0 Å². The molecule has 1 amide bonds. The molecule has 9 heteroatoms. The molecule has 0 unspecified atom stereocenters. The fraction of sp³-hybridized carbons (Fsp3) is 0.500. The van der Waals surface area contributed by atoms with Crippen LogP contribution >= 0.6 is 0 Å². The number of aromatic nitrogens is 4. The lowest BCUT2D eigenvalue weighted by molar-refractivity contribution is -0.169. The van der Waals surface area contributed by atoms with Crippen LogP contribution in [0.1, 0.15) is 36.2 Å². The molecule has 5 heterocycles. The molecule has 172 valence electrons. The Kier molecular flexibility index (Phi) is 5.22. The summed E-state index contributed by atoms with van der Waals surface area (Å²) in [5, 5.41) is 13.4. The highest BCUT2D eigenvalue weighted by Crippen LogP contribution is 2.32. The van der Waals surface area contributed by atoms with Gasteiger partial charge in [0.1, 0.15) is 5.82 Å². The minimum Gasteiger partial charge on any atom is -0.355 e. The Bertz CT molecular complexity index is 1160. The number of amides is 1. The van der Waals surface area contributed by atoms with Crippen LogP contribution in [0.4, 0.5) is 5.82 Å².